The summed E-state index contributed by atoms with van der Waals surface area (Å²) in [5.74, 6) is 1.73. The number of methoxy groups -OCH3 is 3. The third-order valence-corrected chi connectivity index (χ3v) is 4.12. The van der Waals surface area contributed by atoms with Crippen molar-refractivity contribution in [2.75, 3.05) is 28.4 Å². The molecular formula is C19H24N2O4. The summed E-state index contributed by atoms with van der Waals surface area (Å²) < 4.78 is 15.9. The van der Waals surface area contributed by atoms with Crippen molar-refractivity contribution >= 4 is 5.91 Å². The molecule has 0 unspecified atom stereocenters. The topological polar surface area (TPSA) is 60.9 Å². The lowest BCUT2D eigenvalue weighted by atomic mass is 10.1. The van der Waals surface area contributed by atoms with Crippen LogP contribution in [-0.2, 0) is 6.54 Å². The van der Waals surface area contributed by atoms with E-state index in [1.54, 1.807) is 50.6 Å². The fourth-order valence-electron chi connectivity index (χ4n) is 2.71. The standard InChI is InChI=1S/C19H24N2O4/c1-12-10-20-16(13(2)18(12)25-6)11-21(3)19(22)15-9-14(23-4)7-8-17(15)24-5/h7-10H,11H2,1-6H3. The van der Waals surface area contributed by atoms with Crippen molar-refractivity contribution in [2.45, 2.75) is 20.4 Å². The predicted molar refractivity (Wildman–Crippen MR) is 95.6 cm³/mol. The van der Waals surface area contributed by atoms with Crippen LogP contribution in [0.25, 0.3) is 0 Å². The van der Waals surface area contributed by atoms with Gasteiger partial charge >= 0.3 is 0 Å². The molecule has 0 radical (unpaired) electrons. The van der Waals surface area contributed by atoms with Crippen molar-refractivity contribution in [3.05, 3.63) is 46.8 Å². The Balaban J connectivity index is 2.30. The summed E-state index contributed by atoms with van der Waals surface area (Å²) in [6.07, 6.45) is 1.76. The van der Waals surface area contributed by atoms with Crippen LogP contribution in [0.2, 0.25) is 0 Å². The fourth-order valence-corrected chi connectivity index (χ4v) is 2.71. The molecule has 0 atom stereocenters. The number of hydrogen-bond donors (Lipinski definition) is 0. The number of pyridine rings is 1. The van der Waals surface area contributed by atoms with Gasteiger partial charge in [0.05, 0.1) is 39.1 Å². The maximum Gasteiger partial charge on any atom is 0.257 e. The number of nitrogens with zero attached hydrogens (tertiary/aromatic N) is 2. The van der Waals surface area contributed by atoms with E-state index in [1.165, 1.54) is 7.11 Å². The molecule has 1 amide bonds. The molecule has 6 nitrogen and oxygen atoms in total. The van der Waals surface area contributed by atoms with Gasteiger partial charge in [0.15, 0.2) is 0 Å². The second kappa shape index (κ2) is 7.88. The molecule has 1 aromatic carbocycles. The molecule has 0 bridgehead atoms. The maximum atomic E-state index is 12.9. The van der Waals surface area contributed by atoms with E-state index in [0.717, 1.165) is 22.6 Å². The highest BCUT2D eigenvalue weighted by molar-refractivity contribution is 5.97. The Labute approximate surface area is 148 Å². The quantitative estimate of drug-likeness (QED) is 0.806. The van der Waals surface area contributed by atoms with Gasteiger partial charge in [-0.15, -0.1) is 0 Å². The first kappa shape index (κ1) is 18.6. The molecule has 0 saturated carbocycles. The molecule has 0 N–H and O–H groups in total. The Morgan fingerprint density at radius 1 is 1.12 bits per heavy atom. The van der Waals surface area contributed by atoms with Gasteiger partial charge in [0, 0.05) is 24.4 Å². The molecule has 0 aliphatic heterocycles. The number of aromatic nitrogens is 1. The van der Waals surface area contributed by atoms with Crippen LogP contribution < -0.4 is 14.2 Å². The maximum absolute atomic E-state index is 12.9. The normalized spacial score (nSPS) is 10.3. The summed E-state index contributed by atoms with van der Waals surface area (Å²) >= 11 is 0. The second-order valence-corrected chi connectivity index (χ2v) is 5.77. The van der Waals surface area contributed by atoms with Gasteiger partial charge in [-0.05, 0) is 32.0 Å². The van der Waals surface area contributed by atoms with E-state index in [-0.39, 0.29) is 5.91 Å². The van der Waals surface area contributed by atoms with E-state index < -0.39 is 0 Å². The Hall–Kier alpha value is -2.76. The Morgan fingerprint density at radius 2 is 1.84 bits per heavy atom. The van der Waals surface area contributed by atoms with Gasteiger partial charge in [0.2, 0.25) is 0 Å². The number of carbonyl (C=O) groups is 1. The van der Waals surface area contributed by atoms with Crippen LogP contribution in [0.1, 0.15) is 27.2 Å². The van der Waals surface area contributed by atoms with E-state index in [2.05, 4.69) is 4.98 Å². The summed E-state index contributed by atoms with van der Waals surface area (Å²) in [5.41, 5.74) is 3.13. The zero-order valence-electron chi connectivity index (χ0n) is 15.5. The van der Waals surface area contributed by atoms with Gasteiger partial charge in [-0.1, -0.05) is 0 Å². The van der Waals surface area contributed by atoms with E-state index in [4.69, 9.17) is 14.2 Å². The minimum atomic E-state index is -0.170. The molecule has 1 heterocycles. The molecule has 0 spiro atoms. The average Bonchev–Trinajstić information content (AvgIpc) is 2.63. The van der Waals surface area contributed by atoms with E-state index in [1.807, 2.05) is 13.8 Å². The lowest BCUT2D eigenvalue weighted by molar-refractivity contribution is 0.0779. The minimum absolute atomic E-state index is 0.170. The van der Waals surface area contributed by atoms with Crippen molar-refractivity contribution in [2.24, 2.45) is 0 Å². The first-order valence-corrected chi connectivity index (χ1v) is 7.89. The lowest BCUT2D eigenvalue weighted by Gasteiger charge is -2.20. The summed E-state index contributed by atoms with van der Waals surface area (Å²) in [6, 6.07) is 5.15. The molecule has 2 rings (SSSR count). The van der Waals surface area contributed by atoms with Gasteiger partial charge in [-0.25, -0.2) is 0 Å². The van der Waals surface area contributed by atoms with Crippen molar-refractivity contribution in [1.29, 1.82) is 0 Å². The van der Waals surface area contributed by atoms with Crippen molar-refractivity contribution in [3.8, 4) is 17.2 Å². The molecular weight excluding hydrogens is 320 g/mol. The Morgan fingerprint density at radius 3 is 2.44 bits per heavy atom. The molecule has 0 aliphatic carbocycles. The van der Waals surface area contributed by atoms with E-state index in [0.29, 0.717) is 23.6 Å². The summed E-state index contributed by atoms with van der Waals surface area (Å²) in [5, 5.41) is 0. The Bertz CT molecular complexity index is 774. The third kappa shape index (κ3) is 3.84. The van der Waals surface area contributed by atoms with Crippen molar-refractivity contribution < 1.29 is 19.0 Å². The molecule has 25 heavy (non-hydrogen) atoms. The van der Waals surface area contributed by atoms with Crippen LogP contribution in [0.15, 0.2) is 24.4 Å². The number of aryl methyl sites for hydroxylation is 1. The van der Waals surface area contributed by atoms with Crippen LogP contribution in [0.4, 0.5) is 0 Å². The predicted octanol–water partition coefficient (Wildman–Crippen LogP) is 3.00. The number of amides is 1. The zero-order chi connectivity index (χ0) is 18.6. The highest BCUT2D eigenvalue weighted by Crippen LogP contribution is 2.27. The minimum Gasteiger partial charge on any atom is -0.497 e. The van der Waals surface area contributed by atoms with Gasteiger partial charge in [-0.3, -0.25) is 9.78 Å². The largest absolute Gasteiger partial charge is 0.497 e. The average molecular weight is 344 g/mol. The molecule has 6 heteroatoms. The third-order valence-electron chi connectivity index (χ3n) is 4.12. The number of ether oxygens (including phenoxy) is 3. The van der Waals surface area contributed by atoms with Crippen LogP contribution >= 0.6 is 0 Å². The molecule has 0 aliphatic rings. The number of carbonyl (C=O) groups excluding carboxylic acids is 1. The molecule has 2 aromatic rings. The smallest absolute Gasteiger partial charge is 0.257 e. The van der Waals surface area contributed by atoms with Crippen LogP contribution in [0.5, 0.6) is 17.2 Å². The summed E-state index contributed by atoms with van der Waals surface area (Å²) in [6.45, 7) is 4.25. The van der Waals surface area contributed by atoms with Crippen molar-refractivity contribution in [3.63, 3.8) is 0 Å². The first-order chi connectivity index (χ1) is 11.9. The van der Waals surface area contributed by atoms with Crippen LogP contribution in [0.3, 0.4) is 0 Å². The number of rotatable bonds is 6. The Kier molecular flexibility index (Phi) is 5.85. The fraction of sp³-hybridized carbons (Fsp3) is 0.368. The SMILES string of the molecule is COc1ccc(OC)c(C(=O)N(C)Cc2ncc(C)c(OC)c2C)c1. The highest BCUT2D eigenvalue weighted by atomic mass is 16.5. The monoisotopic (exact) mass is 344 g/mol. The summed E-state index contributed by atoms with van der Waals surface area (Å²) in [7, 11) is 6.46. The zero-order valence-corrected chi connectivity index (χ0v) is 15.5. The van der Waals surface area contributed by atoms with Gasteiger partial charge in [0.1, 0.15) is 17.2 Å². The van der Waals surface area contributed by atoms with Gasteiger partial charge in [-0.2, -0.15) is 0 Å². The lowest BCUT2D eigenvalue weighted by Crippen LogP contribution is -2.27. The molecule has 0 fully saturated rings. The van der Waals surface area contributed by atoms with Crippen LogP contribution in [0, 0.1) is 13.8 Å². The number of hydrogen-bond acceptors (Lipinski definition) is 5. The first-order valence-electron chi connectivity index (χ1n) is 7.89. The van der Waals surface area contributed by atoms with Crippen molar-refractivity contribution in [1.82, 2.24) is 9.88 Å². The van der Waals surface area contributed by atoms with Gasteiger partial charge < -0.3 is 19.1 Å². The second-order valence-electron chi connectivity index (χ2n) is 5.77. The van der Waals surface area contributed by atoms with Crippen LogP contribution in [-0.4, -0.2) is 44.2 Å². The molecule has 134 valence electrons. The van der Waals surface area contributed by atoms with E-state index in [9.17, 15) is 4.79 Å². The highest BCUT2D eigenvalue weighted by Gasteiger charge is 2.20. The van der Waals surface area contributed by atoms with Gasteiger partial charge in [0.25, 0.3) is 5.91 Å². The van der Waals surface area contributed by atoms with E-state index >= 15 is 0 Å². The summed E-state index contributed by atoms with van der Waals surface area (Å²) in [4.78, 5) is 18.9. The molecule has 1 aromatic heterocycles. The molecule has 0 saturated heterocycles. The number of benzene rings is 1.